The van der Waals surface area contributed by atoms with Gasteiger partial charge in [-0.1, -0.05) is 13.0 Å². The van der Waals surface area contributed by atoms with Gasteiger partial charge in [-0.25, -0.2) is 0 Å². The van der Waals surface area contributed by atoms with Crippen LogP contribution in [0.25, 0.3) is 0 Å². The van der Waals surface area contributed by atoms with E-state index in [0.717, 1.165) is 0 Å². The average Bonchev–Trinajstić information content (AvgIpc) is 2.30. The Balaban J connectivity index is 0. The van der Waals surface area contributed by atoms with Crippen LogP contribution in [0.2, 0.25) is 0 Å². The monoisotopic (exact) mass is 175 g/mol. The molecule has 1 radical (unpaired) electrons. The van der Waals surface area contributed by atoms with Crippen molar-refractivity contribution in [1.82, 2.24) is 0 Å². The molecule has 1 aliphatic heterocycles. The predicted octanol–water partition coefficient (Wildman–Crippen LogP) is 1.40. The van der Waals surface area contributed by atoms with E-state index in [0.29, 0.717) is 6.10 Å². The molecule has 0 spiro atoms. The van der Waals surface area contributed by atoms with Crippen LogP contribution in [0, 0.1) is 13.5 Å². The van der Waals surface area contributed by atoms with E-state index in [1.165, 1.54) is 0 Å². The van der Waals surface area contributed by atoms with Gasteiger partial charge in [0, 0.05) is 32.7 Å². The van der Waals surface area contributed by atoms with Crippen molar-refractivity contribution in [3.8, 4) is 0 Å². The Kier molecular flexibility index (Phi) is 11.0. The molecule has 0 aromatic heterocycles. The first-order valence-electron chi connectivity index (χ1n) is 2.09. The molecule has 1 saturated heterocycles. The van der Waals surface area contributed by atoms with E-state index in [4.69, 9.17) is 0 Å². The van der Waals surface area contributed by atoms with Gasteiger partial charge in [-0.3, -0.25) is 0 Å². The van der Waals surface area contributed by atoms with Crippen LogP contribution >= 0.6 is 0 Å². The molecule has 0 saturated carbocycles. The molecular formula is C5H10OY-2. The van der Waals surface area contributed by atoms with E-state index in [9.17, 15) is 0 Å². The first-order valence-corrected chi connectivity index (χ1v) is 2.09. The van der Waals surface area contributed by atoms with Gasteiger partial charge >= 0.3 is 0 Å². The van der Waals surface area contributed by atoms with Crippen LogP contribution in [0.15, 0.2) is 0 Å². The molecule has 2 heteroatoms. The number of hydrogen-bond acceptors (Lipinski definition) is 1. The zero-order valence-corrected chi connectivity index (χ0v) is 7.69. The molecule has 41 valence electrons. The topological polar surface area (TPSA) is 12.5 Å². The Morgan fingerprint density at radius 3 is 1.71 bits per heavy atom. The molecule has 1 unspecified atom stereocenters. The molecule has 7 heavy (non-hydrogen) atoms. The fourth-order valence-electron chi connectivity index (χ4n) is 0.0786. The third-order valence-corrected chi connectivity index (χ3v) is 0.408. The van der Waals surface area contributed by atoms with Gasteiger partial charge in [0.1, 0.15) is 0 Å². The Bertz CT molecular complexity index is 27.3. The zero-order valence-electron chi connectivity index (χ0n) is 4.85. The van der Waals surface area contributed by atoms with Crippen molar-refractivity contribution in [3.05, 3.63) is 13.5 Å². The van der Waals surface area contributed by atoms with Gasteiger partial charge in [0.25, 0.3) is 0 Å². The molecule has 0 aliphatic carbocycles. The van der Waals surface area contributed by atoms with Crippen molar-refractivity contribution in [2.24, 2.45) is 0 Å². The standard InChI is InChI=1S/C3H5O.C2H5.Y/c1-3-2-4-3;1-2;/h2-3H,1H3;1H2,2H3;/q2*-1;. The van der Waals surface area contributed by atoms with Crippen molar-refractivity contribution in [3.63, 3.8) is 0 Å². The van der Waals surface area contributed by atoms with Crippen molar-refractivity contribution in [1.29, 1.82) is 0 Å². The molecule has 0 amide bonds. The van der Waals surface area contributed by atoms with Crippen molar-refractivity contribution in [2.75, 3.05) is 0 Å². The van der Waals surface area contributed by atoms with Crippen LogP contribution in [0.1, 0.15) is 13.8 Å². The van der Waals surface area contributed by atoms with E-state index in [2.05, 4.69) is 11.7 Å². The summed E-state index contributed by atoms with van der Waals surface area (Å²) in [6.45, 7) is 8.79. The van der Waals surface area contributed by atoms with E-state index in [1.54, 1.807) is 13.5 Å². The van der Waals surface area contributed by atoms with Crippen LogP contribution in [0.4, 0.5) is 0 Å². The first kappa shape index (κ1) is 10.9. The second-order valence-electron chi connectivity index (χ2n) is 0.977. The smallest absolute Gasteiger partial charge is 0 e. The maximum absolute atomic E-state index is 4.58. The summed E-state index contributed by atoms with van der Waals surface area (Å²) < 4.78 is 4.58. The summed E-state index contributed by atoms with van der Waals surface area (Å²) in [7, 11) is 0. The summed E-state index contributed by atoms with van der Waals surface area (Å²) in [5.74, 6) is 0. The molecular weight excluding hydrogens is 165 g/mol. The van der Waals surface area contributed by atoms with Crippen LogP contribution in [0.5, 0.6) is 0 Å². The van der Waals surface area contributed by atoms with Gasteiger partial charge in [-0.2, -0.15) is 13.5 Å². The SMILES string of the molecule is CC1[CH-]O1.[CH2-]C.[Y]. The van der Waals surface area contributed by atoms with Crippen LogP contribution in [0.3, 0.4) is 0 Å². The predicted molar refractivity (Wildman–Crippen MR) is 25.9 cm³/mol. The Morgan fingerprint density at radius 2 is 1.71 bits per heavy atom. The maximum Gasteiger partial charge on any atom is 0 e. The van der Waals surface area contributed by atoms with Crippen molar-refractivity contribution in [2.45, 2.75) is 20.0 Å². The summed E-state index contributed by atoms with van der Waals surface area (Å²) in [6, 6.07) is 0. The normalized spacial score (nSPS) is 23.6. The molecule has 1 atom stereocenters. The maximum atomic E-state index is 4.58. The van der Waals surface area contributed by atoms with E-state index >= 15 is 0 Å². The fraction of sp³-hybridized carbons (Fsp3) is 0.600. The molecule has 0 aromatic rings. The fourth-order valence-corrected chi connectivity index (χ4v) is 0.0786. The summed E-state index contributed by atoms with van der Waals surface area (Å²) in [4.78, 5) is 0. The molecule has 1 heterocycles. The van der Waals surface area contributed by atoms with Crippen molar-refractivity contribution >= 4 is 0 Å². The molecule has 1 fully saturated rings. The molecule has 1 aliphatic rings. The molecule has 0 aromatic carbocycles. The summed E-state index contributed by atoms with van der Waals surface area (Å²) >= 11 is 0. The van der Waals surface area contributed by atoms with Gasteiger partial charge in [-0.05, 0) is 0 Å². The minimum absolute atomic E-state index is 0. The van der Waals surface area contributed by atoms with E-state index in [1.807, 2.05) is 6.92 Å². The minimum atomic E-state index is 0. The third kappa shape index (κ3) is 11.0. The van der Waals surface area contributed by atoms with E-state index in [-0.39, 0.29) is 32.7 Å². The van der Waals surface area contributed by atoms with Crippen LogP contribution in [-0.2, 0) is 37.4 Å². The van der Waals surface area contributed by atoms with Crippen LogP contribution < -0.4 is 0 Å². The van der Waals surface area contributed by atoms with Gasteiger partial charge in [0.2, 0.25) is 0 Å². The van der Waals surface area contributed by atoms with Gasteiger partial charge in [0.15, 0.2) is 0 Å². The average molecular weight is 175 g/mol. The first-order chi connectivity index (χ1) is 2.89. The Hall–Kier alpha value is 1.06. The molecule has 1 rings (SSSR count). The van der Waals surface area contributed by atoms with Crippen LogP contribution in [-0.4, -0.2) is 6.10 Å². The minimum Gasteiger partial charge on any atom is -0.570 e. The van der Waals surface area contributed by atoms with Gasteiger partial charge in [-0.15, -0.1) is 0 Å². The largest absolute Gasteiger partial charge is 0.570 e. The quantitative estimate of drug-likeness (QED) is 0.400. The number of hydrogen-bond donors (Lipinski definition) is 0. The molecule has 0 N–H and O–H groups in total. The van der Waals surface area contributed by atoms with Crippen molar-refractivity contribution < 1.29 is 37.4 Å². The zero-order chi connectivity index (χ0) is 4.99. The summed E-state index contributed by atoms with van der Waals surface area (Å²) in [5, 5.41) is 0. The number of ether oxygens (including phenoxy) is 1. The second-order valence-corrected chi connectivity index (χ2v) is 0.977. The summed E-state index contributed by atoms with van der Waals surface area (Å²) in [6.07, 6.45) is 0.458. The Morgan fingerprint density at radius 1 is 1.57 bits per heavy atom. The Labute approximate surface area is 70.7 Å². The second kappa shape index (κ2) is 7.06. The number of epoxide rings is 1. The molecule has 0 bridgehead atoms. The van der Waals surface area contributed by atoms with E-state index < -0.39 is 0 Å². The third-order valence-electron chi connectivity index (χ3n) is 0.408. The molecule has 1 nitrogen and oxygen atoms in total. The summed E-state index contributed by atoms with van der Waals surface area (Å²) in [5.41, 5.74) is 0. The van der Waals surface area contributed by atoms with Gasteiger partial charge in [0.05, 0.1) is 0 Å². The number of rotatable bonds is 0. The van der Waals surface area contributed by atoms with Gasteiger partial charge < -0.3 is 11.7 Å².